The number of hydrogen-bond acceptors (Lipinski definition) is 3. The van der Waals surface area contributed by atoms with Gasteiger partial charge in [-0.15, -0.1) is 0 Å². The number of carbonyl (C=O) groups excluding carboxylic acids is 1. The second-order valence-electron chi connectivity index (χ2n) is 8.58. The Hall–Kier alpha value is -2.17. The van der Waals surface area contributed by atoms with E-state index < -0.39 is 6.10 Å². The molecule has 3 N–H and O–H groups in total. The van der Waals surface area contributed by atoms with Gasteiger partial charge in [0.25, 0.3) is 0 Å². The number of aliphatic hydroxyl groups excluding tert-OH is 1. The lowest BCUT2D eigenvalue weighted by atomic mass is 9.93. The van der Waals surface area contributed by atoms with Gasteiger partial charge >= 0.3 is 0 Å². The molecule has 4 nitrogen and oxygen atoms in total. The Kier molecular flexibility index (Phi) is 5.98. The van der Waals surface area contributed by atoms with Crippen molar-refractivity contribution < 1.29 is 9.90 Å². The highest BCUT2D eigenvalue weighted by Crippen LogP contribution is 2.45. The number of benzene rings is 2. The van der Waals surface area contributed by atoms with Crippen LogP contribution >= 0.6 is 0 Å². The Morgan fingerprint density at radius 3 is 2.11 bits per heavy atom. The third-order valence-corrected chi connectivity index (χ3v) is 4.92. The number of fused-ring (bicyclic) bond motifs is 3. The number of rotatable bonds is 7. The van der Waals surface area contributed by atoms with Gasteiger partial charge in [-0.2, -0.15) is 0 Å². The highest BCUT2D eigenvalue weighted by Gasteiger charge is 2.29. The van der Waals surface area contributed by atoms with Crippen LogP contribution in [0.2, 0.25) is 0 Å². The molecule has 1 aliphatic rings. The predicted molar refractivity (Wildman–Crippen MR) is 110 cm³/mol. The number of nitrogens with one attached hydrogen (secondary N) is 2. The smallest absolute Gasteiger partial charge is 0.221 e. The molecule has 0 aromatic heterocycles. The molecule has 2 aromatic carbocycles. The van der Waals surface area contributed by atoms with E-state index in [0.717, 1.165) is 6.54 Å². The van der Waals surface area contributed by atoms with Crippen molar-refractivity contribution in [1.82, 2.24) is 10.6 Å². The third kappa shape index (κ3) is 4.96. The number of aliphatic hydroxyl groups is 1. The Balaban J connectivity index is 1.55. The number of amides is 1. The minimum absolute atomic E-state index is 0.0265. The van der Waals surface area contributed by atoms with E-state index in [1.54, 1.807) is 0 Å². The van der Waals surface area contributed by atoms with Crippen LogP contribution in [0.1, 0.15) is 44.2 Å². The maximum absolute atomic E-state index is 12.5. The van der Waals surface area contributed by atoms with Gasteiger partial charge in [0.15, 0.2) is 0 Å². The Bertz CT molecular complexity index is 749. The van der Waals surface area contributed by atoms with Gasteiger partial charge in [0.2, 0.25) is 5.91 Å². The Morgan fingerprint density at radius 2 is 1.56 bits per heavy atom. The van der Waals surface area contributed by atoms with Crippen molar-refractivity contribution in [3.63, 3.8) is 0 Å². The van der Waals surface area contributed by atoms with Gasteiger partial charge in [0, 0.05) is 32.0 Å². The predicted octanol–water partition coefficient (Wildman–Crippen LogP) is 3.30. The highest BCUT2D eigenvalue weighted by atomic mass is 16.3. The zero-order valence-corrected chi connectivity index (χ0v) is 16.5. The minimum atomic E-state index is -0.584. The summed E-state index contributed by atoms with van der Waals surface area (Å²) in [6, 6.07) is 16.6. The molecule has 4 heteroatoms. The zero-order chi connectivity index (χ0) is 19.4. The fourth-order valence-corrected chi connectivity index (χ4v) is 3.65. The average molecular weight is 367 g/mol. The average Bonchev–Trinajstić information content (AvgIpc) is 2.93. The summed E-state index contributed by atoms with van der Waals surface area (Å²) in [6.45, 7) is 8.01. The lowest BCUT2D eigenvalue weighted by molar-refractivity contribution is -0.121. The molecular formula is C23H30N2O2. The van der Waals surface area contributed by atoms with Gasteiger partial charge in [0.1, 0.15) is 0 Å². The van der Waals surface area contributed by atoms with Gasteiger partial charge in [-0.05, 0) is 27.7 Å². The molecule has 0 fully saturated rings. The second-order valence-corrected chi connectivity index (χ2v) is 8.58. The third-order valence-electron chi connectivity index (χ3n) is 4.92. The van der Waals surface area contributed by atoms with E-state index in [9.17, 15) is 9.90 Å². The summed E-state index contributed by atoms with van der Waals surface area (Å²) >= 11 is 0. The first-order chi connectivity index (χ1) is 12.8. The summed E-state index contributed by atoms with van der Waals surface area (Å²) < 4.78 is 0. The van der Waals surface area contributed by atoms with Gasteiger partial charge in [-0.3, -0.25) is 4.79 Å². The molecule has 27 heavy (non-hydrogen) atoms. The first-order valence-corrected chi connectivity index (χ1v) is 9.69. The first-order valence-electron chi connectivity index (χ1n) is 9.69. The van der Waals surface area contributed by atoms with Gasteiger partial charge in [0.05, 0.1) is 6.10 Å². The molecule has 0 heterocycles. The molecule has 1 atom stereocenters. The quantitative estimate of drug-likeness (QED) is 0.705. The summed E-state index contributed by atoms with van der Waals surface area (Å²) in [6.07, 6.45) is -0.185. The summed E-state index contributed by atoms with van der Waals surface area (Å²) in [5, 5.41) is 16.2. The molecule has 0 bridgehead atoms. The maximum Gasteiger partial charge on any atom is 0.221 e. The summed E-state index contributed by atoms with van der Waals surface area (Å²) in [5.41, 5.74) is 5.03. The molecule has 144 valence electrons. The molecule has 0 radical (unpaired) electrons. The van der Waals surface area contributed by atoms with Crippen LogP contribution in [0.15, 0.2) is 48.5 Å². The molecule has 1 unspecified atom stereocenters. The summed E-state index contributed by atoms with van der Waals surface area (Å²) in [4.78, 5) is 12.5. The normalized spacial score (nSPS) is 14.5. The molecule has 0 aliphatic heterocycles. The van der Waals surface area contributed by atoms with Crippen molar-refractivity contribution in [3.05, 3.63) is 59.7 Å². The van der Waals surface area contributed by atoms with Crippen LogP contribution < -0.4 is 10.6 Å². The SMILES string of the molecule is CC(C)(C)CNCC(O)CNC(=O)CC1c2ccccc2-c2ccccc21. The van der Waals surface area contributed by atoms with Crippen LogP contribution in [-0.4, -0.2) is 36.8 Å². The van der Waals surface area contributed by atoms with Crippen molar-refractivity contribution in [3.8, 4) is 11.1 Å². The monoisotopic (exact) mass is 366 g/mol. The molecule has 3 rings (SSSR count). The largest absolute Gasteiger partial charge is 0.390 e. The van der Waals surface area contributed by atoms with Gasteiger partial charge in [-0.1, -0.05) is 69.3 Å². The lowest BCUT2D eigenvalue weighted by Gasteiger charge is -2.21. The molecule has 0 saturated heterocycles. The molecule has 1 amide bonds. The standard InChI is InChI=1S/C23H30N2O2/c1-23(2,3)15-24-13-16(26)14-25-22(27)12-21-19-10-6-4-8-17(19)18-9-5-7-11-20(18)21/h4-11,16,21,24,26H,12-15H2,1-3H3,(H,25,27). The van der Waals surface area contributed by atoms with Crippen LogP contribution in [0.5, 0.6) is 0 Å². The second kappa shape index (κ2) is 8.24. The number of hydrogen-bond donors (Lipinski definition) is 3. The van der Waals surface area contributed by atoms with E-state index in [1.807, 2.05) is 24.3 Å². The fraction of sp³-hybridized carbons (Fsp3) is 0.435. The van der Waals surface area contributed by atoms with Crippen LogP contribution in [0.3, 0.4) is 0 Å². The van der Waals surface area contributed by atoms with E-state index in [4.69, 9.17) is 0 Å². The maximum atomic E-state index is 12.5. The van der Waals surface area contributed by atoms with Crippen molar-refractivity contribution in [1.29, 1.82) is 0 Å². The minimum Gasteiger partial charge on any atom is -0.390 e. The first kappa shape index (κ1) is 19.6. The highest BCUT2D eigenvalue weighted by molar-refractivity contribution is 5.84. The summed E-state index contributed by atoms with van der Waals surface area (Å²) in [5.74, 6) is 0.0509. The molecule has 2 aromatic rings. The lowest BCUT2D eigenvalue weighted by Crippen LogP contribution is -2.40. The van der Waals surface area contributed by atoms with Crippen molar-refractivity contribution in [2.45, 2.75) is 39.2 Å². The molecule has 0 saturated carbocycles. The fourth-order valence-electron chi connectivity index (χ4n) is 3.65. The van der Waals surface area contributed by atoms with Crippen LogP contribution in [0.25, 0.3) is 11.1 Å². The Morgan fingerprint density at radius 1 is 1.00 bits per heavy atom. The topological polar surface area (TPSA) is 61.4 Å². The van der Waals surface area contributed by atoms with E-state index in [1.165, 1.54) is 22.3 Å². The molecule has 0 spiro atoms. The van der Waals surface area contributed by atoms with Crippen molar-refractivity contribution in [2.24, 2.45) is 5.41 Å². The van der Waals surface area contributed by atoms with Crippen LogP contribution in [-0.2, 0) is 4.79 Å². The van der Waals surface area contributed by atoms with Gasteiger partial charge < -0.3 is 15.7 Å². The molecule has 1 aliphatic carbocycles. The van der Waals surface area contributed by atoms with Gasteiger partial charge in [-0.25, -0.2) is 0 Å². The molecular weight excluding hydrogens is 336 g/mol. The number of carbonyl (C=O) groups is 1. The zero-order valence-electron chi connectivity index (χ0n) is 16.5. The summed E-state index contributed by atoms with van der Waals surface area (Å²) in [7, 11) is 0. The van der Waals surface area contributed by atoms with E-state index >= 15 is 0 Å². The van der Waals surface area contributed by atoms with Crippen molar-refractivity contribution >= 4 is 5.91 Å². The van der Waals surface area contributed by atoms with Crippen LogP contribution in [0.4, 0.5) is 0 Å². The van der Waals surface area contributed by atoms with Crippen molar-refractivity contribution in [2.75, 3.05) is 19.6 Å². The van der Waals surface area contributed by atoms with Crippen LogP contribution in [0, 0.1) is 5.41 Å². The van der Waals surface area contributed by atoms with E-state index in [-0.39, 0.29) is 23.8 Å². The Labute approximate surface area is 162 Å². The van der Waals surface area contributed by atoms with E-state index in [2.05, 4.69) is 55.7 Å². The van der Waals surface area contributed by atoms with E-state index in [0.29, 0.717) is 13.0 Å².